The number of nitrogens with zero attached hydrogens (tertiary/aromatic N) is 2. The van der Waals surface area contributed by atoms with Crippen molar-refractivity contribution in [3.05, 3.63) is 88.9 Å². The van der Waals surface area contributed by atoms with Crippen LogP contribution in [0.1, 0.15) is 31.4 Å². The van der Waals surface area contributed by atoms with E-state index in [0.29, 0.717) is 22.9 Å². The predicted molar refractivity (Wildman–Crippen MR) is 159 cm³/mol. The molecule has 0 unspecified atom stereocenters. The summed E-state index contributed by atoms with van der Waals surface area (Å²) in [5.74, 6) is 0.0156. The Morgan fingerprint density at radius 1 is 0.976 bits per heavy atom. The Balaban J connectivity index is 1.72. The average Bonchev–Trinajstić information content (AvgIpc) is 3.42. The molecule has 0 saturated heterocycles. The van der Waals surface area contributed by atoms with Crippen molar-refractivity contribution >= 4 is 39.1 Å². The van der Waals surface area contributed by atoms with Crippen LogP contribution in [0.5, 0.6) is 11.5 Å². The van der Waals surface area contributed by atoms with Crippen LogP contribution in [0.15, 0.2) is 72.8 Å². The van der Waals surface area contributed by atoms with Gasteiger partial charge in [-0.15, -0.1) is 0 Å². The second-order valence-electron chi connectivity index (χ2n) is 9.98. The van der Waals surface area contributed by atoms with E-state index in [1.807, 2.05) is 44.2 Å². The third-order valence-corrected chi connectivity index (χ3v) is 8.25. The summed E-state index contributed by atoms with van der Waals surface area (Å²) in [5.41, 5.74) is 1.85. The molecule has 0 spiro atoms. The molecule has 1 N–H and O–H groups in total. The summed E-state index contributed by atoms with van der Waals surface area (Å²) in [4.78, 5) is 29.3. The summed E-state index contributed by atoms with van der Waals surface area (Å²) in [6, 6.07) is 20.0. The maximum atomic E-state index is 14.1. The number of hydrogen-bond acceptors (Lipinski definition) is 6. The van der Waals surface area contributed by atoms with Gasteiger partial charge in [-0.2, -0.15) is 0 Å². The number of anilines is 1. The maximum Gasteiger partial charge on any atom is 0.244 e. The third kappa shape index (κ3) is 7.92. The average molecular weight is 600 g/mol. The summed E-state index contributed by atoms with van der Waals surface area (Å²) in [7, 11) is -3.90. The van der Waals surface area contributed by atoms with Crippen LogP contribution < -0.4 is 19.1 Å². The summed E-state index contributed by atoms with van der Waals surface area (Å²) < 4.78 is 37.7. The first kappa shape index (κ1) is 30.2. The van der Waals surface area contributed by atoms with Crippen molar-refractivity contribution in [1.29, 1.82) is 0 Å². The van der Waals surface area contributed by atoms with Crippen LogP contribution in [0.4, 0.5) is 5.69 Å². The van der Waals surface area contributed by atoms with Crippen molar-refractivity contribution in [2.24, 2.45) is 0 Å². The molecule has 2 amide bonds. The number of amides is 2. The number of carbonyl (C=O) groups excluding carboxylic acids is 2. The summed E-state index contributed by atoms with van der Waals surface area (Å²) in [5, 5.41) is 3.54. The monoisotopic (exact) mass is 599 g/mol. The molecule has 0 aliphatic carbocycles. The summed E-state index contributed by atoms with van der Waals surface area (Å²) >= 11 is 6.09. The zero-order chi connectivity index (χ0) is 29.6. The quantitative estimate of drug-likeness (QED) is 0.331. The smallest absolute Gasteiger partial charge is 0.244 e. The van der Waals surface area contributed by atoms with Crippen molar-refractivity contribution in [2.45, 2.75) is 45.3 Å². The number of rotatable bonds is 12. The van der Waals surface area contributed by atoms with Crippen LogP contribution in [0, 0.1) is 0 Å². The minimum atomic E-state index is -3.90. The molecule has 1 heterocycles. The molecule has 11 heteroatoms. The fraction of sp³-hybridized carbons (Fsp3) is 0.333. The van der Waals surface area contributed by atoms with Crippen molar-refractivity contribution in [2.75, 3.05) is 23.9 Å². The lowest BCUT2D eigenvalue weighted by molar-refractivity contribution is -0.140. The number of fused-ring (bicyclic) bond motifs is 1. The third-order valence-electron chi connectivity index (χ3n) is 6.86. The van der Waals surface area contributed by atoms with E-state index in [-0.39, 0.29) is 37.4 Å². The van der Waals surface area contributed by atoms with Gasteiger partial charge in [0, 0.05) is 30.1 Å². The minimum Gasteiger partial charge on any atom is -0.454 e. The highest BCUT2D eigenvalue weighted by atomic mass is 35.5. The second kappa shape index (κ2) is 13.3. The first-order valence-corrected chi connectivity index (χ1v) is 15.5. The van der Waals surface area contributed by atoms with Crippen LogP contribution in [-0.2, 0) is 32.6 Å². The van der Waals surface area contributed by atoms with E-state index < -0.39 is 28.5 Å². The number of hydrogen-bond donors (Lipinski definition) is 1. The van der Waals surface area contributed by atoms with E-state index in [1.165, 1.54) is 11.0 Å². The topological polar surface area (TPSA) is 105 Å². The lowest BCUT2D eigenvalue weighted by Gasteiger charge is -2.34. The molecule has 0 radical (unpaired) electrons. The molecule has 0 fully saturated rings. The van der Waals surface area contributed by atoms with Gasteiger partial charge >= 0.3 is 0 Å². The van der Waals surface area contributed by atoms with Crippen molar-refractivity contribution < 1.29 is 27.5 Å². The fourth-order valence-corrected chi connectivity index (χ4v) is 5.40. The molecule has 2 atom stereocenters. The Bertz CT molecular complexity index is 1470. The lowest BCUT2D eigenvalue weighted by Crippen LogP contribution is -2.54. The van der Waals surface area contributed by atoms with Crippen LogP contribution in [0.2, 0.25) is 5.02 Å². The number of sulfonamides is 1. The highest BCUT2D eigenvalue weighted by Crippen LogP contribution is 2.36. The maximum absolute atomic E-state index is 14.1. The highest BCUT2D eigenvalue weighted by Gasteiger charge is 2.33. The fourth-order valence-electron chi connectivity index (χ4n) is 4.44. The predicted octanol–water partition coefficient (Wildman–Crippen LogP) is 4.39. The molecule has 218 valence electrons. The van der Waals surface area contributed by atoms with Gasteiger partial charge in [0.15, 0.2) is 11.5 Å². The van der Waals surface area contributed by atoms with E-state index in [1.54, 1.807) is 36.4 Å². The Hall–Kier alpha value is -3.76. The molecule has 3 aromatic carbocycles. The minimum absolute atomic E-state index is 0.0257. The van der Waals surface area contributed by atoms with Crippen LogP contribution in [0.25, 0.3) is 0 Å². The molecular weight excluding hydrogens is 566 g/mol. The van der Waals surface area contributed by atoms with Crippen molar-refractivity contribution in [3.63, 3.8) is 0 Å². The van der Waals surface area contributed by atoms with Gasteiger partial charge in [0.1, 0.15) is 12.6 Å². The van der Waals surface area contributed by atoms with Crippen molar-refractivity contribution in [3.8, 4) is 11.5 Å². The summed E-state index contributed by atoms with van der Waals surface area (Å²) in [6.45, 7) is 3.43. The van der Waals surface area contributed by atoms with Gasteiger partial charge in [-0.05, 0) is 48.7 Å². The van der Waals surface area contributed by atoms with Gasteiger partial charge < -0.3 is 19.7 Å². The Morgan fingerprint density at radius 3 is 2.32 bits per heavy atom. The molecule has 41 heavy (non-hydrogen) atoms. The molecule has 4 rings (SSSR count). The molecular formula is C30H34ClN3O6S. The summed E-state index contributed by atoms with van der Waals surface area (Å²) in [6.07, 6.45) is 1.98. The SMILES string of the molecule is CC[C@H](C)NC(=O)[C@@H](Cc1ccccc1)N(Cc1ccc(Cl)cc1)C(=O)CN(c1ccc2c(c1)OCO2)S(C)(=O)=O. The molecule has 1 aliphatic heterocycles. The number of ether oxygens (including phenoxy) is 2. The van der Waals surface area contributed by atoms with Crippen LogP contribution in [0.3, 0.4) is 0 Å². The van der Waals surface area contributed by atoms with Gasteiger partial charge in [0.25, 0.3) is 0 Å². The molecule has 3 aromatic rings. The normalized spacial score (nSPS) is 13.8. The molecule has 9 nitrogen and oxygen atoms in total. The van der Waals surface area contributed by atoms with Crippen LogP contribution >= 0.6 is 11.6 Å². The van der Waals surface area contributed by atoms with E-state index in [0.717, 1.165) is 21.7 Å². The van der Waals surface area contributed by atoms with E-state index >= 15 is 0 Å². The first-order chi connectivity index (χ1) is 19.5. The van der Waals surface area contributed by atoms with Crippen molar-refractivity contribution in [1.82, 2.24) is 10.2 Å². The molecule has 1 aliphatic rings. The number of benzene rings is 3. The number of carbonyl (C=O) groups is 2. The molecule has 0 aromatic heterocycles. The lowest BCUT2D eigenvalue weighted by atomic mass is 10.0. The van der Waals surface area contributed by atoms with Gasteiger partial charge in [-0.3, -0.25) is 13.9 Å². The number of halogens is 1. The Morgan fingerprint density at radius 2 is 1.66 bits per heavy atom. The Kier molecular flexibility index (Phi) is 9.77. The zero-order valence-corrected chi connectivity index (χ0v) is 24.8. The Labute approximate surface area is 246 Å². The molecule has 0 bridgehead atoms. The van der Waals surface area contributed by atoms with E-state index in [4.69, 9.17) is 21.1 Å². The standard InChI is InChI=1S/C30H34ClN3O6S/c1-4-21(2)32-30(36)26(16-22-8-6-5-7-9-22)33(18-23-10-12-24(31)13-11-23)29(35)19-34(41(3,37)38)25-14-15-27-28(17-25)40-20-39-27/h5-15,17,21,26H,4,16,18-20H2,1-3H3,(H,32,36)/t21-,26+/m0/s1. The first-order valence-electron chi connectivity index (χ1n) is 13.3. The van der Waals surface area contributed by atoms with Gasteiger partial charge in [0.2, 0.25) is 28.6 Å². The zero-order valence-electron chi connectivity index (χ0n) is 23.2. The van der Waals surface area contributed by atoms with Gasteiger partial charge in [0.05, 0.1) is 11.9 Å². The van der Waals surface area contributed by atoms with Crippen LogP contribution in [-0.4, -0.2) is 56.8 Å². The molecule has 0 saturated carbocycles. The van der Waals surface area contributed by atoms with E-state index in [2.05, 4.69) is 5.32 Å². The largest absolute Gasteiger partial charge is 0.454 e. The van der Waals surface area contributed by atoms with Gasteiger partial charge in [-0.25, -0.2) is 8.42 Å². The number of nitrogens with one attached hydrogen (secondary N) is 1. The van der Waals surface area contributed by atoms with Gasteiger partial charge in [-0.1, -0.05) is 61.0 Å². The van der Waals surface area contributed by atoms with E-state index in [9.17, 15) is 18.0 Å². The highest BCUT2D eigenvalue weighted by molar-refractivity contribution is 7.92. The second-order valence-corrected chi connectivity index (χ2v) is 12.3.